The van der Waals surface area contributed by atoms with Gasteiger partial charge in [-0.2, -0.15) is 5.26 Å². The smallest absolute Gasteiger partial charge is 0.266 e. The summed E-state index contributed by atoms with van der Waals surface area (Å²) in [5, 5.41) is 9.09. The van der Waals surface area contributed by atoms with E-state index in [4.69, 9.17) is 5.26 Å². The molecule has 1 amide bonds. The van der Waals surface area contributed by atoms with Crippen LogP contribution in [0.2, 0.25) is 0 Å². The predicted molar refractivity (Wildman–Crippen MR) is 84.6 cm³/mol. The van der Waals surface area contributed by atoms with E-state index in [1.807, 2.05) is 17.9 Å². The number of nitrogens with zero attached hydrogens (tertiary/aromatic N) is 2. The quantitative estimate of drug-likeness (QED) is 0.929. The summed E-state index contributed by atoms with van der Waals surface area (Å²) in [6, 6.07) is 2.26. The largest absolute Gasteiger partial charge is 0.340 e. The van der Waals surface area contributed by atoms with Crippen LogP contribution in [0.4, 0.5) is 0 Å². The fraction of sp³-hybridized carbons (Fsp3) is 0.588. The van der Waals surface area contributed by atoms with E-state index in [9.17, 15) is 9.59 Å². The van der Waals surface area contributed by atoms with Gasteiger partial charge in [0.1, 0.15) is 11.6 Å². The number of aromatic nitrogens is 1. The number of aromatic amines is 1. The number of carbonyl (C=O) groups excluding carboxylic acids is 1. The van der Waals surface area contributed by atoms with Crippen LogP contribution >= 0.6 is 0 Å². The number of nitrogens with one attached hydrogen (secondary N) is 1. The van der Waals surface area contributed by atoms with Gasteiger partial charge >= 0.3 is 0 Å². The molecule has 0 saturated carbocycles. The van der Waals surface area contributed by atoms with Gasteiger partial charge in [-0.25, -0.2) is 0 Å². The summed E-state index contributed by atoms with van der Waals surface area (Å²) in [4.78, 5) is 28.8. The van der Waals surface area contributed by atoms with Crippen LogP contribution in [0.15, 0.2) is 4.79 Å². The van der Waals surface area contributed by atoms with Crippen molar-refractivity contribution in [2.75, 3.05) is 6.54 Å². The van der Waals surface area contributed by atoms with E-state index in [2.05, 4.69) is 11.9 Å². The summed E-state index contributed by atoms with van der Waals surface area (Å²) in [5.41, 5.74) is 2.16. The molecule has 22 heavy (non-hydrogen) atoms. The molecule has 1 aromatic heterocycles. The normalized spacial score (nSPS) is 18.1. The molecule has 1 aromatic rings. The maximum atomic E-state index is 12.4. The first-order valence-electron chi connectivity index (χ1n) is 7.87. The number of rotatable bonds is 3. The first-order valence-corrected chi connectivity index (χ1v) is 7.87. The molecule has 1 atom stereocenters. The molecule has 0 spiro atoms. The van der Waals surface area contributed by atoms with E-state index >= 15 is 0 Å². The Labute approximate surface area is 130 Å². The molecule has 1 fully saturated rings. The van der Waals surface area contributed by atoms with Crippen molar-refractivity contribution < 1.29 is 4.79 Å². The van der Waals surface area contributed by atoms with E-state index < -0.39 is 0 Å². The molecule has 1 aliphatic heterocycles. The van der Waals surface area contributed by atoms with Crippen LogP contribution in [0.1, 0.15) is 55.0 Å². The standard InChI is InChI=1S/C17H23N3O2/c1-11-6-4-5-9-20(11)16(21)8-7-14-12(2)15(10-18)17(22)19-13(14)3/h11H,4-9H2,1-3H3,(H,19,22)/t11-/m1/s1. The van der Waals surface area contributed by atoms with Gasteiger partial charge < -0.3 is 9.88 Å². The summed E-state index contributed by atoms with van der Waals surface area (Å²) in [7, 11) is 0. The molecule has 5 heteroatoms. The van der Waals surface area contributed by atoms with Crippen LogP contribution < -0.4 is 5.56 Å². The van der Waals surface area contributed by atoms with Crippen molar-refractivity contribution in [1.29, 1.82) is 5.26 Å². The summed E-state index contributed by atoms with van der Waals surface area (Å²) in [6.45, 7) is 6.54. The third-order valence-electron chi connectivity index (χ3n) is 4.63. The molecular formula is C17H23N3O2. The molecular weight excluding hydrogens is 278 g/mol. The molecule has 0 radical (unpaired) electrons. The molecule has 1 saturated heterocycles. The van der Waals surface area contributed by atoms with Crippen LogP contribution in [-0.2, 0) is 11.2 Å². The zero-order chi connectivity index (χ0) is 16.3. The average molecular weight is 301 g/mol. The van der Waals surface area contributed by atoms with Gasteiger partial charge in [0.15, 0.2) is 0 Å². The van der Waals surface area contributed by atoms with Crippen molar-refractivity contribution >= 4 is 5.91 Å². The number of likely N-dealkylation sites (tertiary alicyclic amines) is 1. The second-order valence-electron chi connectivity index (χ2n) is 6.10. The molecule has 2 heterocycles. The lowest BCUT2D eigenvalue weighted by molar-refractivity contribution is -0.134. The fourth-order valence-corrected chi connectivity index (χ4v) is 3.26. The van der Waals surface area contributed by atoms with Crippen LogP contribution in [0.25, 0.3) is 0 Å². The lowest BCUT2D eigenvalue weighted by Crippen LogP contribution is -2.42. The summed E-state index contributed by atoms with van der Waals surface area (Å²) >= 11 is 0. The van der Waals surface area contributed by atoms with Crippen LogP contribution in [0, 0.1) is 25.2 Å². The molecule has 1 N–H and O–H groups in total. The van der Waals surface area contributed by atoms with Gasteiger partial charge in [0.25, 0.3) is 5.56 Å². The van der Waals surface area contributed by atoms with E-state index in [1.165, 1.54) is 6.42 Å². The van der Waals surface area contributed by atoms with Gasteiger partial charge in [-0.15, -0.1) is 0 Å². The Balaban J connectivity index is 2.13. The summed E-state index contributed by atoms with van der Waals surface area (Å²) in [5.74, 6) is 0.163. The number of amides is 1. The zero-order valence-corrected chi connectivity index (χ0v) is 13.5. The van der Waals surface area contributed by atoms with Crippen LogP contribution in [-0.4, -0.2) is 28.4 Å². The van der Waals surface area contributed by atoms with E-state index in [-0.39, 0.29) is 17.0 Å². The number of nitriles is 1. The van der Waals surface area contributed by atoms with Gasteiger partial charge in [-0.3, -0.25) is 9.59 Å². The Kier molecular flexibility index (Phi) is 5.02. The van der Waals surface area contributed by atoms with Crippen molar-refractivity contribution in [2.24, 2.45) is 0 Å². The number of carbonyl (C=O) groups is 1. The minimum Gasteiger partial charge on any atom is -0.340 e. The third kappa shape index (κ3) is 3.22. The monoisotopic (exact) mass is 301 g/mol. The molecule has 5 nitrogen and oxygen atoms in total. The predicted octanol–water partition coefficient (Wildman–Crippen LogP) is 2.20. The minimum atomic E-state index is -0.350. The highest BCUT2D eigenvalue weighted by Gasteiger charge is 2.23. The van der Waals surface area contributed by atoms with Crippen molar-refractivity contribution in [3.05, 3.63) is 32.7 Å². The van der Waals surface area contributed by atoms with Crippen LogP contribution in [0.5, 0.6) is 0 Å². The number of hydrogen-bond donors (Lipinski definition) is 1. The topological polar surface area (TPSA) is 77.0 Å². The van der Waals surface area contributed by atoms with Gasteiger partial charge in [0.05, 0.1) is 0 Å². The van der Waals surface area contributed by atoms with E-state index in [0.29, 0.717) is 24.4 Å². The zero-order valence-electron chi connectivity index (χ0n) is 13.5. The van der Waals surface area contributed by atoms with E-state index in [1.54, 1.807) is 6.92 Å². The minimum absolute atomic E-state index is 0.152. The Bertz CT molecular complexity index is 670. The fourth-order valence-electron chi connectivity index (χ4n) is 3.26. The summed E-state index contributed by atoms with van der Waals surface area (Å²) < 4.78 is 0. The second kappa shape index (κ2) is 6.78. The lowest BCUT2D eigenvalue weighted by Gasteiger charge is -2.33. The molecule has 2 rings (SSSR count). The molecule has 0 unspecified atom stereocenters. The number of H-pyrrole nitrogens is 1. The maximum Gasteiger partial charge on any atom is 0.266 e. The Morgan fingerprint density at radius 3 is 2.77 bits per heavy atom. The second-order valence-corrected chi connectivity index (χ2v) is 6.10. The van der Waals surface area contributed by atoms with Crippen molar-refractivity contribution in [3.8, 4) is 6.07 Å². The summed E-state index contributed by atoms with van der Waals surface area (Å²) in [6.07, 6.45) is 4.31. The number of aryl methyl sites for hydroxylation is 1. The third-order valence-corrected chi connectivity index (χ3v) is 4.63. The first kappa shape index (κ1) is 16.3. The highest BCUT2D eigenvalue weighted by Crippen LogP contribution is 2.20. The van der Waals surface area contributed by atoms with Gasteiger partial charge in [-0.05, 0) is 57.6 Å². The lowest BCUT2D eigenvalue weighted by atomic mass is 9.98. The highest BCUT2D eigenvalue weighted by molar-refractivity contribution is 5.77. The Hall–Kier alpha value is -2.09. The van der Waals surface area contributed by atoms with Crippen molar-refractivity contribution in [2.45, 2.75) is 58.9 Å². The van der Waals surface area contributed by atoms with Crippen molar-refractivity contribution in [3.63, 3.8) is 0 Å². The first-order chi connectivity index (χ1) is 10.5. The molecule has 1 aliphatic rings. The number of hydrogen-bond acceptors (Lipinski definition) is 3. The highest BCUT2D eigenvalue weighted by atomic mass is 16.2. The van der Waals surface area contributed by atoms with Gasteiger partial charge in [-0.1, -0.05) is 0 Å². The maximum absolute atomic E-state index is 12.4. The molecule has 0 aliphatic carbocycles. The van der Waals surface area contributed by atoms with Gasteiger partial charge in [0, 0.05) is 24.7 Å². The number of pyridine rings is 1. The molecule has 0 bridgehead atoms. The van der Waals surface area contributed by atoms with E-state index in [0.717, 1.165) is 30.6 Å². The molecule has 118 valence electrons. The Morgan fingerprint density at radius 1 is 1.41 bits per heavy atom. The molecule has 0 aromatic carbocycles. The van der Waals surface area contributed by atoms with Gasteiger partial charge in [0.2, 0.25) is 5.91 Å². The SMILES string of the molecule is Cc1[nH]c(=O)c(C#N)c(C)c1CCC(=O)N1CCCC[C@H]1C. The Morgan fingerprint density at radius 2 is 2.14 bits per heavy atom. The number of piperidine rings is 1. The van der Waals surface area contributed by atoms with Crippen molar-refractivity contribution in [1.82, 2.24) is 9.88 Å². The average Bonchev–Trinajstić information content (AvgIpc) is 2.47. The van der Waals surface area contributed by atoms with Crippen LogP contribution in [0.3, 0.4) is 0 Å².